The molecule has 3 heterocycles. The molecule has 34 heavy (non-hydrogen) atoms. The van der Waals surface area contributed by atoms with E-state index in [-0.39, 0.29) is 42.3 Å². The summed E-state index contributed by atoms with van der Waals surface area (Å²) in [4.78, 5) is 54.5. The highest BCUT2D eigenvalue weighted by atomic mass is 19.1. The lowest BCUT2D eigenvalue weighted by Crippen LogP contribution is -2.52. The monoisotopic (exact) mass is 468 g/mol. The van der Waals surface area contributed by atoms with Crippen LogP contribution in [0, 0.1) is 11.6 Å². The summed E-state index contributed by atoms with van der Waals surface area (Å²) in [5, 5.41) is 2.26. The van der Waals surface area contributed by atoms with Gasteiger partial charge in [-0.25, -0.2) is 8.78 Å². The maximum Gasteiger partial charge on any atom is 0.255 e. The molecule has 0 saturated carbocycles. The van der Waals surface area contributed by atoms with Crippen LogP contribution in [-0.4, -0.2) is 65.6 Å². The van der Waals surface area contributed by atoms with Gasteiger partial charge in [-0.15, -0.1) is 0 Å². The SMILES string of the molecule is O=C1CCC(N2Cc3c(cc(F)cc3N3CCN(C(=O)c4cccc(F)c4)CC3)C2=O)C(=O)N1. The van der Waals surface area contributed by atoms with Crippen LogP contribution in [0.2, 0.25) is 0 Å². The van der Waals surface area contributed by atoms with Crippen molar-refractivity contribution in [2.75, 3.05) is 31.1 Å². The van der Waals surface area contributed by atoms with Gasteiger partial charge in [-0.1, -0.05) is 6.07 Å². The van der Waals surface area contributed by atoms with E-state index in [0.29, 0.717) is 37.4 Å². The van der Waals surface area contributed by atoms with E-state index < -0.39 is 29.5 Å². The topological polar surface area (TPSA) is 90.0 Å². The number of rotatable bonds is 3. The van der Waals surface area contributed by atoms with Crippen molar-refractivity contribution in [1.82, 2.24) is 15.1 Å². The molecule has 0 bridgehead atoms. The molecule has 10 heteroatoms. The van der Waals surface area contributed by atoms with Crippen molar-refractivity contribution in [3.63, 3.8) is 0 Å². The smallest absolute Gasteiger partial charge is 0.255 e. The molecule has 5 rings (SSSR count). The molecule has 2 fully saturated rings. The Bertz CT molecular complexity index is 1210. The summed E-state index contributed by atoms with van der Waals surface area (Å²) < 4.78 is 28.0. The molecule has 0 aliphatic carbocycles. The standard InChI is InChI=1S/C24H22F2N4O4/c25-15-3-1-2-14(10-15)23(33)29-8-6-28(7-9-29)20-12-16(26)11-17-18(20)13-30(24(17)34)19-4-5-21(31)27-22(19)32/h1-3,10-12,19H,4-9,13H2,(H,27,31,32). The van der Waals surface area contributed by atoms with Gasteiger partial charge >= 0.3 is 0 Å². The summed E-state index contributed by atoms with van der Waals surface area (Å²) in [6, 6.07) is 7.28. The highest BCUT2D eigenvalue weighted by Gasteiger charge is 2.41. The number of fused-ring (bicyclic) bond motifs is 1. The average Bonchev–Trinajstić information content (AvgIpc) is 3.14. The number of piperidine rings is 1. The van der Waals surface area contributed by atoms with Gasteiger partial charge in [0.1, 0.15) is 17.7 Å². The van der Waals surface area contributed by atoms with Gasteiger partial charge in [0.2, 0.25) is 11.8 Å². The third-order valence-electron chi connectivity index (χ3n) is 6.58. The molecule has 2 aromatic rings. The number of nitrogens with one attached hydrogen (secondary N) is 1. The number of piperazine rings is 1. The van der Waals surface area contributed by atoms with Crippen LogP contribution in [0.1, 0.15) is 39.1 Å². The first-order chi connectivity index (χ1) is 16.3. The lowest BCUT2D eigenvalue weighted by atomic mass is 10.0. The number of hydrogen-bond acceptors (Lipinski definition) is 5. The Morgan fingerprint density at radius 3 is 2.44 bits per heavy atom. The van der Waals surface area contributed by atoms with Crippen molar-refractivity contribution in [2.45, 2.75) is 25.4 Å². The van der Waals surface area contributed by atoms with Gasteiger partial charge in [-0.2, -0.15) is 0 Å². The number of benzene rings is 2. The van der Waals surface area contributed by atoms with E-state index in [1.807, 2.05) is 4.90 Å². The molecule has 0 radical (unpaired) electrons. The number of nitrogens with zero attached hydrogens (tertiary/aromatic N) is 3. The van der Waals surface area contributed by atoms with Crippen molar-refractivity contribution in [2.24, 2.45) is 0 Å². The number of amides is 4. The summed E-state index contributed by atoms with van der Waals surface area (Å²) in [7, 11) is 0. The van der Waals surface area contributed by atoms with Crippen LogP contribution < -0.4 is 10.2 Å². The van der Waals surface area contributed by atoms with Crippen LogP contribution in [0.3, 0.4) is 0 Å². The van der Waals surface area contributed by atoms with E-state index >= 15 is 0 Å². The first-order valence-corrected chi connectivity index (χ1v) is 11.1. The minimum absolute atomic E-state index is 0.137. The zero-order valence-corrected chi connectivity index (χ0v) is 18.2. The number of hydrogen-bond donors (Lipinski definition) is 1. The Morgan fingerprint density at radius 2 is 1.74 bits per heavy atom. The molecule has 1 atom stereocenters. The molecule has 3 aliphatic heterocycles. The quantitative estimate of drug-likeness (QED) is 0.693. The lowest BCUT2D eigenvalue weighted by Gasteiger charge is -2.37. The summed E-state index contributed by atoms with van der Waals surface area (Å²) in [5.41, 5.74) is 1.65. The Kier molecular flexibility index (Phi) is 5.51. The molecule has 2 saturated heterocycles. The molecule has 4 amide bonds. The first-order valence-electron chi connectivity index (χ1n) is 11.1. The molecule has 8 nitrogen and oxygen atoms in total. The van der Waals surface area contributed by atoms with Gasteiger partial charge in [0.15, 0.2) is 0 Å². The fraction of sp³-hybridized carbons (Fsp3) is 0.333. The average molecular weight is 468 g/mol. The Labute approximate surface area is 194 Å². The van der Waals surface area contributed by atoms with Gasteiger partial charge in [-0.3, -0.25) is 24.5 Å². The number of carbonyl (C=O) groups is 4. The van der Waals surface area contributed by atoms with E-state index in [9.17, 15) is 28.0 Å². The van der Waals surface area contributed by atoms with Crippen LogP contribution in [-0.2, 0) is 16.1 Å². The normalized spacial score (nSPS) is 20.5. The third-order valence-corrected chi connectivity index (χ3v) is 6.58. The zero-order chi connectivity index (χ0) is 24.0. The second-order valence-electron chi connectivity index (χ2n) is 8.64. The summed E-state index contributed by atoms with van der Waals surface area (Å²) in [6.07, 6.45) is 0.363. The highest BCUT2D eigenvalue weighted by Crippen LogP contribution is 2.35. The number of carbonyl (C=O) groups excluding carboxylic acids is 4. The highest BCUT2D eigenvalue weighted by molar-refractivity contribution is 6.06. The Hall–Kier alpha value is -3.82. The molecule has 0 spiro atoms. The van der Waals surface area contributed by atoms with Gasteiger partial charge in [0.05, 0.1) is 0 Å². The predicted molar refractivity (Wildman–Crippen MR) is 117 cm³/mol. The van der Waals surface area contributed by atoms with Gasteiger partial charge in [0.25, 0.3) is 11.8 Å². The van der Waals surface area contributed by atoms with Crippen LogP contribution in [0.15, 0.2) is 36.4 Å². The maximum absolute atomic E-state index is 14.5. The van der Waals surface area contributed by atoms with E-state index in [4.69, 9.17) is 0 Å². The van der Waals surface area contributed by atoms with Crippen molar-refractivity contribution < 1.29 is 28.0 Å². The van der Waals surface area contributed by atoms with Crippen molar-refractivity contribution in [1.29, 1.82) is 0 Å². The van der Waals surface area contributed by atoms with Crippen molar-refractivity contribution in [3.8, 4) is 0 Å². The van der Waals surface area contributed by atoms with E-state index in [1.165, 1.54) is 35.2 Å². The van der Waals surface area contributed by atoms with Crippen molar-refractivity contribution >= 4 is 29.3 Å². The largest absolute Gasteiger partial charge is 0.368 e. The number of anilines is 1. The molecule has 3 aliphatic rings. The maximum atomic E-state index is 14.5. The first kappa shape index (κ1) is 22.0. The molecular formula is C24H22F2N4O4. The molecule has 176 valence electrons. The summed E-state index contributed by atoms with van der Waals surface area (Å²) in [5.74, 6) is -2.66. The fourth-order valence-corrected chi connectivity index (χ4v) is 4.84. The van der Waals surface area contributed by atoms with Crippen LogP contribution >= 0.6 is 0 Å². The van der Waals surface area contributed by atoms with Crippen LogP contribution in [0.4, 0.5) is 14.5 Å². The van der Waals surface area contributed by atoms with E-state index in [0.717, 1.165) is 0 Å². The number of halogens is 2. The molecular weight excluding hydrogens is 446 g/mol. The second kappa shape index (κ2) is 8.51. The lowest BCUT2D eigenvalue weighted by molar-refractivity contribution is -0.136. The Morgan fingerprint density at radius 1 is 0.971 bits per heavy atom. The molecule has 1 N–H and O–H groups in total. The zero-order valence-electron chi connectivity index (χ0n) is 18.2. The van der Waals surface area contributed by atoms with Gasteiger partial charge in [-0.05, 0) is 36.8 Å². The molecule has 0 aromatic heterocycles. The third kappa shape index (κ3) is 3.89. The van der Waals surface area contributed by atoms with Crippen LogP contribution in [0.5, 0.6) is 0 Å². The van der Waals surface area contributed by atoms with Crippen molar-refractivity contribution in [3.05, 3.63) is 64.7 Å². The predicted octanol–water partition coefficient (Wildman–Crippen LogP) is 1.69. The minimum Gasteiger partial charge on any atom is -0.368 e. The van der Waals surface area contributed by atoms with E-state index in [1.54, 1.807) is 11.0 Å². The summed E-state index contributed by atoms with van der Waals surface area (Å²) in [6.45, 7) is 1.66. The van der Waals surface area contributed by atoms with E-state index in [2.05, 4.69) is 5.32 Å². The van der Waals surface area contributed by atoms with Crippen LogP contribution in [0.25, 0.3) is 0 Å². The second-order valence-corrected chi connectivity index (χ2v) is 8.64. The number of imide groups is 1. The summed E-state index contributed by atoms with van der Waals surface area (Å²) >= 11 is 0. The Balaban J connectivity index is 1.34. The fourth-order valence-electron chi connectivity index (χ4n) is 4.84. The van der Waals surface area contributed by atoms with Gasteiger partial charge < -0.3 is 14.7 Å². The molecule has 2 aromatic carbocycles. The van der Waals surface area contributed by atoms with Gasteiger partial charge in [0, 0.05) is 61.5 Å². The molecule has 1 unspecified atom stereocenters. The minimum atomic E-state index is -0.783.